The van der Waals surface area contributed by atoms with Crippen molar-refractivity contribution in [3.05, 3.63) is 88.0 Å². The van der Waals surface area contributed by atoms with E-state index in [1.807, 2.05) is 12.2 Å². The van der Waals surface area contributed by atoms with Gasteiger partial charge in [-0.2, -0.15) is 5.01 Å². The minimum absolute atomic E-state index is 0.0186. The Labute approximate surface area is 183 Å². The first kappa shape index (κ1) is 21.1. The molecule has 0 unspecified atom stereocenters. The van der Waals surface area contributed by atoms with Gasteiger partial charge in [0.25, 0.3) is 23.4 Å². The van der Waals surface area contributed by atoms with E-state index in [-0.39, 0.29) is 11.3 Å². The molecule has 2 aromatic rings. The van der Waals surface area contributed by atoms with Crippen molar-refractivity contribution in [1.29, 1.82) is 0 Å². The number of Topliss-reactive ketones (excluding diaryl/α,β-unsaturated/α-hetero) is 1. The molecule has 4 rings (SSSR count). The SMILES string of the molecule is O=C(CN(C(=O)c1ccc([N+](=O)[O-])cc1)N1C(=O)[C@H]2CC=CC[C@@H]2C1=O)c1ccccc1. The van der Waals surface area contributed by atoms with E-state index in [0.717, 1.165) is 22.2 Å². The number of benzene rings is 2. The Morgan fingerprint density at radius 3 is 2.00 bits per heavy atom. The van der Waals surface area contributed by atoms with Crippen molar-refractivity contribution in [3.8, 4) is 0 Å². The maximum absolute atomic E-state index is 13.3. The van der Waals surface area contributed by atoms with Crippen LogP contribution in [0.3, 0.4) is 0 Å². The number of rotatable bonds is 6. The number of hydrazine groups is 1. The molecule has 0 spiro atoms. The van der Waals surface area contributed by atoms with Gasteiger partial charge in [-0.15, -0.1) is 0 Å². The van der Waals surface area contributed by atoms with Crippen LogP contribution in [0, 0.1) is 22.0 Å². The number of non-ortho nitro benzene ring substituents is 1. The highest BCUT2D eigenvalue weighted by Crippen LogP contribution is 2.36. The van der Waals surface area contributed by atoms with Gasteiger partial charge in [0.15, 0.2) is 5.78 Å². The van der Waals surface area contributed by atoms with E-state index in [1.165, 1.54) is 12.1 Å². The van der Waals surface area contributed by atoms with Crippen molar-refractivity contribution >= 4 is 29.2 Å². The Morgan fingerprint density at radius 2 is 1.47 bits per heavy atom. The van der Waals surface area contributed by atoms with Gasteiger partial charge in [0.2, 0.25) is 0 Å². The summed E-state index contributed by atoms with van der Waals surface area (Å²) >= 11 is 0. The highest BCUT2D eigenvalue weighted by atomic mass is 16.6. The zero-order valence-corrected chi connectivity index (χ0v) is 16.9. The van der Waals surface area contributed by atoms with Gasteiger partial charge in [0.05, 0.1) is 16.8 Å². The van der Waals surface area contributed by atoms with Gasteiger partial charge in [0, 0.05) is 23.3 Å². The first-order chi connectivity index (χ1) is 15.4. The van der Waals surface area contributed by atoms with Crippen LogP contribution in [0.4, 0.5) is 5.69 Å². The molecule has 1 aliphatic heterocycles. The third-order valence-corrected chi connectivity index (χ3v) is 5.67. The smallest absolute Gasteiger partial charge is 0.273 e. The summed E-state index contributed by atoms with van der Waals surface area (Å²) in [5, 5.41) is 12.6. The van der Waals surface area contributed by atoms with Crippen LogP contribution >= 0.6 is 0 Å². The molecule has 2 aromatic carbocycles. The number of nitro benzene ring substituents is 1. The van der Waals surface area contributed by atoms with E-state index in [0.29, 0.717) is 18.4 Å². The molecule has 1 heterocycles. The van der Waals surface area contributed by atoms with Crippen LogP contribution in [-0.4, -0.2) is 45.0 Å². The van der Waals surface area contributed by atoms with Gasteiger partial charge in [-0.25, -0.2) is 5.01 Å². The van der Waals surface area contributed by atoms with Crippen LogP contribution in [0.5, 0.6) is 0 Å². The Balaban J connectivity index is 1.69. The minimum Gasteiger partial charge on any atom is -0.292 e. The van der Waals surface area contributed by atoms with Crippen molar-refractivity contribution in [2.24, 2.45) is 11.8 Å². The second-order valence-electron chi connectivity index (χ2n) is 7.60. The highest BCUT2D eigenvalue weighted by Gasteiger charge is 2.51. The molecule has 1 saturated heterocycles. The summed E-state index contributed by atoms with van der Waals surface area (Å²) < 4.78 is 0. The lowest BCUT2D eigenvalue weighted by Crippen LogP contribution is -2.52. The molecule has 0 aromatic heterocycles. The lowest BCUT2D eigenvalue weighted by atomic mass is 9.85. The van der Waals surface area contributed by atoms with Gasteiger partial charge in [-0.3, -0.25) is 29.3 Å². The van der Waals surface area contributed by atoms with E-state index < -0.39 is 46.8 Å². The van der Waals surface area contributed by atoms with Crippen LogP contribution in [0.15, 0.2) is 66.7 Å². The summed E-state index contributed by atoms with van der Waals surface area (Å²) in [6.45, 7) is -0.524. The zero-order valence-electron chi connectivity index (χ0n) is 16.9. The normalized spacial score (nSPS) is 19.6. The lowest BCUT2D eigenvalue weighted by Gasteiger charge is -2.30. The van der Waals surface area contributed by atoms with Crippen molar-refractivity contribution in [3.63, 3.8) is 0 Å². The number of carbonyl (C=O) groups is 4. The van der Waals surface area contributed by atoms with E-state index in [9.17, 15) is 29.3 Å². The maximum atomic E-state index is 13.3. The molecule has 2 atom stereocenters. The number of amides is 3. The quantitative estimate of drug-likeness (QED) is 0.227. The van der Waals surface area contributed by atoms with E-state index >= 15 is 0 Å². The number of hydrogen-bond donors (Lipinski definition) is 0. The van der Waals surface area contributed by atoms with Crippen molar-refractivity contribution in [2.75, 3.05) is 6.54 Å². The molecule has 1 fully saturated rings. The lowest BCUT2D eigenvalue weighted by molar-refractivity contribution is -0.384. The Morgan fingerprint density at radius 1 is 0.906 bits per heavy atom. The number of nitro groups is 1. The van der Waals surface area contributed by atoms with Crippen molar-refractivity contribution < 1.29 is 24.1 Å². The van der Waals surface area contributed by atoms with Gasteiger partial charge < -0.3 is 0 Å². The van der Waals surface area contributed by atoms with Crippen LogP contribution < -0.4 is 0 Å². The van der Waals surface area contributed by atoms with Gasteiger partial charge in [0.1, 0.15) is 6.54 Å². The minimum atomic E-state index is -0.766. The largest absolute Gasteiger partial charge is 0.292 e. The van der Waals surface area contributed by atoms with Crippen molar-refractivity contribution in [2.45, 2.75) is 12.8 Å². The standard InChI is InChI=1S/C23H19N3O6/c27-20(15-6-2-1-3-7-15)14-24(21(28)16-10-12-17(13-11-16)26(31)32)25-22(29)18-8-4-5-9-19(18)23(25)30/h1-7,10-13,18-19H,8-9,14H2/t18-,19-/m0/s1. The number of hydrogen-bond acceptors (Lipinski definition) is 6. The summed E-state index contributed by atoms with van der Waals surface area (Å²) in [6.07, 6.45) is 4.43. The number of carbonyl (C=O) groups excluding carboxylic acids is 4. The Kier molecular flexibility index (Phi) is 5.63. The molecule has 1 aliphatic carbocycles. The zero-order chi connectivity index (χ0) is 22.8. The molecule has 0 radical (unpaired) electrons. The molecule has 2 aliphatic rings. The van der Waals surface area contributed by atoms with Crippen LogP contribution in [0.25, 0.3) is 0 Å². The summed E-state index contributed by atoms with van der Waals surface area (Å²) in [4.78, 5) is 62.6. The van der Waals surface area contributed by atoms with Gasteiger partial charge in [-0.1, -0.05) is 42.5 Å². The first-order valence-corrected chi connectivity index (χ1v) is 10.1. The molecule has 0 saturated carbocycles. The average molecular weight is 433 g/mol. The number of allylic oxidation sites excluding steroid dienone is 2. The predicted octanol–water partition coefficient (Wildman–Crippen LogP) is 2.79. The number of ketones is 1. The van der Waals surface area contributed by atoms with Crippen LogP contribution in [-0.2, 0) is 9.59 Å². The summed E-state index contributed by atoms with van der Waals surface area (Å²) in [5.74, 6) is -3.43. The molecule has 0 N–H and O–H groups in total. The van der Waals surface area contributed by atoms with Crippen molar-refractivity contribution in [1.82, 2.24) is 10.0 Å². The maximum Gasteiger partial charge on any atom is 0.273 e. The first-order valence-electron chi connectivity index (χ1n) is 10.1. The van der Waals surface area contributed by atoms with E-state index in [2.05, 4.69) is 0 Å². The number of nitrogens with zero attached hydrogens (tertiary/aromatic N) is 3. The summed E-state index contributed by atoms with van der Waals surface area (Å²) in [5.41, 5.74) is 0.135. The van der Waals surface area contributed by atoms with Crippen LogP contribution in [0.1, 0.15) is 33.6 Å². The topological polar surface area (TPSA) is 118 Å². The van der Waals surface area contributed by atoms with E-state index in [1.54, 1.807) is 30.3 Å². The Bertz CT molecular complexity index is 1100. The number of fused-ring (bicyclic) bond motifs is 1. The average Bonchev–Trinajstić information content (AvgIpc) is 3.07. The monoisotopic (exact) mass is 433 g/mol. The van der Waals surface area contributed by atoms with Crippen LogP contribution in [0.2, 0.25) is 0 Å². The number of imide groups is 1. The second-order valence-corrected chi connectivity index (χ2v) is 7.60. The third-order valence-electron chi connectivity index (χ3n) is 5.67. The summed E-state index contributed by atoms with van der Waals surface area (Å²) in [7, 11) is 0. The predicted molar refractivity (Wildman–Crippen MR) is 112 cm³/mol. The molecule has 162 valence electrons. The fourth-order valence-corrected chi connectivity index (χ4v) is 3.98. The Hall–Kier alpha value is -4.14. The molecule has 32 heavy (non-hydrogen) atoms. The van der Waals surface area contributed by atoms with E-state index in [4.69, 9.17) is 0 Å². The fourth-order valence-electron chi connectivity index (χ4n) is 3.98. The molecular weight excluding hydrogens is 414 g/mol. The molecule has 0 bridgehead atoms. The van der Waals surface area contributed by atoms with Gasteiger partial charge >= 0.3 is 0 Å². The van der Waals surface area contributed by atoms with Gasteiger partial charge in [-0.05, 0) is 25.0 Å². The molecule has 3 amide bonds. The summed E-state index contributed by atoms with van der Waals surface area (Å²) in [6, 6.07) is 13.0. The third kappa shape index (κ3) is 3.80. The molecular formula is C23H19N3O6. The second kappa shape index (κ2) is 8.54. The molecule has 9 heteroatoms. The highest BCUT2D eigenvalue weighted by molar-refractivity contribution is 6.09. The molecule has 9 nitrogen and oxygen atoms in total. The fraction of sp³-hybridized carbons (Fsp3) is 0.217.